The molecular weight excluding hydrogens is 390 g/mol. The van der Waals surface area contributed by atoms with E-state index in [2.05, 4.69) is 19.1 Å². The number of hydrogen-bond donors (Lipinski definition) is 0. The van der Waals surface area contributed by atoms with E-state index in [0.717, 1.165) is 29.9 Å². The molecule has 146 valence electrons. The van der Waals surface area contributed by atoms with E-state index in [1.54, 1.807) is 7.05 Å². The van der Waals surface area contributed by atoms with Crippen molar-refractivity contribution in [3.05, 3.63) is 64.6 Å². The SMILES string of the molecule is CCc1ccc(OCCCOc2ccccc2/C=C2\SC(=S)N(C)C2=O)cc1. The Morgan fingerprint density at radius 2 is 1.79 bits per heavy atom. The molecule has 28 heavy (non-hydrogen) atoms. The van der Waals surface area contributed by atoms with Crippen molar-refractivity contribution in [1.29, 1.82) is 0 Å². The Morgan fingerprint density at radius 1 is 1.07 bits per heavy atom. The second-order valence-electron chi connectivity index (χ2n) is 6.33. The Balaban J connectivity index is 1.52. The molecule has 1 fully saturated rings. The molecule has 0 N–H and O–H groups in total. The van der Waals surface area contributed by atoms with E-state index in [9.17, 15) is 4.79 Å². The number of aryl methyl sites for hydroxylation is 1. The van der Waals surface area contributed by atoms with Gasteiger partial charge < -0.3 is 9.47 Å². The smallest absolute Gasteiger partial charge is 0.265 e. The quantitative estimate of drug-likeness (QED) is 0.349. The van der Waals surface area contributed by atoms with Gasteiger partial charge in [0.2, 0.25) is 0 Å². The van der Waals surface area contributed by atoms with Gasteiger partial charge in [0.1, 0.15) is 15.8 Å². The summed E-state index contributed by atoms with van der Waals surface area (Å²) in [5, 5.41) is 0. The first-order valence-corrected chi connectivity index (χ1v) is 10.5. The fraction of sp³-hybridized carbons (Fsp3) is 0.273. The molecule has 0 bridgehead atoms. The van der Waals surface area contributed by atoms with Gasteiger partial charge in [0.15, 0.2) is 0 Å². The number of benzene rings is 2. The number of amides is 1. The standard InChI is InChI=1S/C22H23NO3S2/c1-3-16-9-11-18(12-10-16)25-13-6-14-26-19-8-5-4-7-17(19)15-20-21(24)23(2)22(27)28-20/h4-5,7-12,15H,3,6,13-14H2,1-2H3/b20-15-. The molecule has 1 aliphatic rings. The second kappa shape index (κ2) is 9.75. The first-order valence-electron chi connectivity index (χ1n) is 9.23. The van der Waals surface area contributed by atoms with Crippen LogP contribution < -0.4 is 9.47 Å². The van der Waals surface area contributed by atoms with Gasteiger partial charge in [-0.3, -0.25) is 9.69 Å². The summed E-state index contributed by atoms with van der Waals surface area (Å²) in [5.74, 6) is 1.54. The molecule has 0 saturated carbocycles. The predicted molar refractivity (Wildman–Crippen MR) is 119 cm³/mol. The first kappa shape index (κ1) is 20.4. The molecule has 1 heterocycles. The van der Waals surface area contributed by atoms with E-state index < -0.39 is 0 Å². The molecule has 1 aliphatic heterocycles. The van der Waals surface area contributed by atoms with Gasteiger partial charge in [0.25, 0.3) is 5.91 Å². The number of thiocarbonyl (C=S) groups is 1. The molecule has 2 aromatic carbocycles. The number of thioether (sulfide) groups is 1. The molecule has 2 aromatic rings. The zero-order valence-corrected chi connectivity index (χ0v) is 17.6. The molecule has 0 radical (unpaired) electrons. The molecule has 6 heteroatoms. The second-order valence-corrected chi connectivity index (χ2v) is 8.00. The zero-order chi connectivity index (χ0) is 19.9. The molecular formula is C22H23NO3S2. The normalized spacial score (nSPS) is 15.4. The van der Waals surface area contributed by atoms with Crippen LogP contribution >= 0.6 is 24.0 Å². The fourth-order valence-corrected chi connectivity index (χ4v) is 3.84. The fourth-order valence-electron chi connectivity index (χ4n) is 2.67. The van der Waals surface area contributed by atoms with Crippen molar-refractivity contribution < 1.29 is 14.3 Å². The van der Waals surface area contributed by atoms with Crippen LogP contribution in [0.25, 0.3) is 6.08 Å². The predicted octanol–water partition coefficient (Wildman–Crippen LogP) is 4.93. The van der Waals surface area contributed by atoms with Gasteiger partial charge in [0.05, 0.1) is 18.1 Å². The summed E-state index contributed by atoms with van der Waals surface area (Å²) in [5.41, 5.74) is 2.17. The van der Waals surface area contributed by atoms with Crippen LogP contribution in [-0.2, 0) is 11.2 Å². The van der Waals surface area contributed by atoms with Crippen molar-refractivity contribution in [2.75, 3.05) is 20.3 Å². The van der Waals surface area contributed by atoms with Crippen molar-refractivity contribution in [3.63, 3.8) is 0 Å². The Hall–Kier alpha value is -2.31. The Bertz CT molecular complexity index is 878. The topological polar surface area (TPSA) is 38.8 Å². The summed E-state index contributed by atoms with van der Waals surface area (Å²) in [7, 11) is 1.69. The van der Waals surface area contributed by atoms with E-state index in [1.807, 2.05) is 42.5 Å². The molecule has 1 saturated heterocycles. The van der Waals surface area contributed by atoms with Gasteiger partial charge in [-0.2, -0.15) is 0 Å². The van der Waals surface area contributed by atoms with Gasteiger partial charge in [-0.25, -0.2) is 0 Å². The third-order valence-electron chi connectivity index (χ3n) is 4.34. The highest BCUT2D eigenvalue weighted by atomic mass is 32.2. The maximum Gasteiger partial charge on any atom is 0.265 e. The van der Waals surface area contributed by atoms with Crippen LogP contribution in [0, 0.1) is 0 Å². The number of hydrogen-bond acceptors (Lipinski definition) is 5. The maximum absolute atomic E-state index is 12.2. The van der Waals surface area contributed by atoms with Crippen LogP contribution in [0.4, 0.5) is 0 Å². The van der Waals surface area contributed by atoms with Crippen molar-refractivity contribution in [2.24, 2.45) is 0 Å². The molecule has 4 nitrogen and oxygen atoms in total. The monoisotopic (exact) mass is 413 g/mol. The number of carbonyl (C=O) groups is 1. The Kier molecular flexibility index (Phi) is 7.12. The van der Waals surface area contributed by atoms with Gasteiger partial charge in [-0.1, -0.05) is 61.2 Å². The number of ether oxygens (including phenoxy) is 2. The molecule has 0 atom stereocenters. The van der Waals surface area contributed by atoms with E-state index in [-0.39, 0.29) is 5.91 Å². The zero-order valence-electron chi connectivity index (χ0n) is 16.0. The number of nitrogens with zero attached hydrogens (tertiary/aromatic N) is 1. The molecule has 0 spiro atoms. The summed E-state index contributed by atoms with van der Waals surface area (Å²) in [6.45, 7) is 3.25. The van der Waals surface area contributed by atoms with Crippen LogP contribution in [-0.4, -0.2) is 35.4 Å². The average molecular weight is 414 g/mol. The molecule has 3 rings (SSSR count). The van der Waals surface area contributed by atoms with E-state index >= 15 is 0 Å². The van der Waals surface area contributed by atoms with Crippen LogP contribution in [0.15, 0.2) is 53.4 Å². The van der Waals surface area contributed by atoms with E-state index in [0.29, 0.717) is 22.4 Å². The van der Waals surface area contributed by atoms with Gasteiger partial charge in [0, 0.05) is 19.0 Å². The van der Waals surface area contributed by atoms with E-state index in [1.165, 1.54) is 22.2 Å². The summed E-state index contributed by atoms with van der Waals surface area (Å²) in [4.78, 5) is 14.3. The van der Waals surface area contributed by atoms with Crippen LogP contribution in [0.3, 0.4) is 0 Å². The van der Waals surface area contributed by atoms with Crippen molar-refractivity contribution in [2.45, 2.75) is 19.8 Å². The summed E-state index contributed by atoms with van der Waals surface area (Å²) in [6.07, 6.45) is 3.63. The molecule has 0 aromatic heterocycles. The third-order valence-corrected chi connectivity index (χ3v) is 5.82. The lowest BCUT2D eigenvalue weighted by molar-refractivity contribution is -0.121. The van der Waals surface area contributed by atoms with Crippen LogP contribution in [0.2, 0.25) is 0 Å². The highest BCUT2D eigenvalue weighted by molar-refractivity contribution is 8.26. The van der Waals surface area contributed by atoms with E-state index in [4.69, 9.17) is 21.7 Å². The van der Waals surface area contributed by atoms with Crippen molar-refractivity contribution in [1.82, 2.24) is 4.90 Å². The third kappa shape index (κ3) is 5.14. The Morgan fingerprint density at radius 3 is 2.46 bits per heavy atom. The highest BCUT2D eigenvalue weighted by Gasteiger charge is 2.28. The van der Waals surface area contributed by atoms with Gasteiger partial charge in [-0.15, -0.1) is 0 Å². The number of para-hydroxylation sites is 1. The number of rotatable bonds is 8. The van der Waals surface area contributed by atoms with Gasteiger partial charge in [-0.05, 0) is 36.3 Å². The summed E-state index contributed by atoms with van der Waals surface area (Å²) >= 11 is 6.49. The minimum Gasteiger partial charge on any atom is -0.493 e. The van der Waals surface area contributed by atoms with Gasteiger partial charge >= 0.3 is 0 Å². The number of carbonyl (C=O) groups excluding carboxylic acids is 1. The lowest BCUT2D eigenvalue weighted by Gasteiger charge is -2.10. The lowest BCUT2D eigenvalue weighted by Crippen LogP contribution is -2.22. The summed E-state index contributed by atoms with van der Waals surface area (Å²) in [6, 6.07) is 15.9. The lowest BCUT2D eigenvalue weighted by atomic mass is 10.2. The summed E-state index contributed by atoms with van der Waals surface area (Å²) < 4.78 is 12.2. The minimum absolute atomic E-state index is 0.0766. The van der Waals surface area contributed by atoms with Crippen LogP contribution in [0.1, 0.15) is 24.5 Å². The van der Waals surface area contributed by atoms with Crippen molar-refractivity contribution in [3.8, 4) is 11.5 Å². The largest absolute Gasteiger partial charge is 0.493 e. The molecule has 1 amide bonds. The molecule has 0 aliphatic carbocycles. The van der Waals surface area contributed by atoms with Crippen LogP contribution in [0.5, 0.6) is 11.5 Å². The molecule has 0 unspecified atom stereocenters. The average Bonchev–Trinajstić information content (AvgIpc) is 2.96. The minimum atomic E-state index is -0.0766. The highest BCUT2D eigenvalue weighted by Crippen LogP contribution is 2.33. The Labute approximate surface area is 175 Å². The maximum atomic E-state index is 12.2. The number of likely N-dealkylation sites (N-methyl/N-ethyl adjacent to an activating group) is 1. The van der Waals surface area contributed by atoms with Crippen molar-refractivity contribution >= 4 is 40.3 Å². The first-order chi connectivity index (χ1) is 13.6.